The van der Waals surface area contributed by atoms with Crippen molar-refractivity contribution < 1.29 is 9.59 Å². The van der Waals surface area contributed by atoms with Crippen molar-refractivity contribution in [3.63, 3.8) is 0 Å². The molecular weight excluding hydrogens is 376 g/mol. The Morgan fingerprint density at radius 1 is 1.13 bits per heavy atom. The molecule has 2 N–H and O–H groups in total. The Labute approximate surface area is 177 Å². The van der Waals surface area contributed by atoms with Crippen molar-refractivity contribution in [3.8, 4) is 0 Å². The molecule has 0 spiro atoms. The lowest BCUT2D eigenvalue weighted by atomic mass is 9.49. The van der Waals surface area contributed by atoms with Crippen LogP contribution in [0.1, 0.15) is 64.8 Å². The van der Waals surface area contributed by atoms with Crippen molar-refractivity contribution in [2.24, 2.45) is 23.2 Å². The number of nitrogens with zero attached hydrogens (tertiary/aromatic N) is 2. The summed E-state index contributed by atoms with van der Waals surface area (Å²) in [6, 6.07) is 6.06. The fourth-order valence-electron chi connectivity index (χ4n) is 6.48. The third-order valence-electron chi connectivity index (χ3n) is 7.49. The van der Waals surface area contributed by atoms with Crippen LogP contribution >= 0.6 is 0 Å². The van der Waals surface area contributed by atoms with Gasteiger partial charge in [0, 0.05) is 41.7 Å². The highest BCUT2D eigenvalue weighted by atomic mass is 16.2. The summed E-state index contributed by atoms with van der Waals surface area (Å²) in [5.41, 5.74) is 1.54. The smallest absolute Gasteiger partial charge is 0.226 e. The van der Waals surface area contributed by atoms with Crippen LogP contribution in [0.5, 0.6) is 0 Å². The molecule has 2 aromatic rings. The number of anilines is 1. The number of hydrogen-bond acceptors (Lipinski definition) is 3. The van der Waals surface area contributed by atoms with Crippen molar-refractivity contribution in [2.75, 3.05) is 11.9 Å². The first-order valence-electron chi connectivity index (χ1n) is 11.5. The number of carbonyl (C=O) groups excluding carboxylic acids is 2. The lowest BCUT2D eigenvalue weighted by Gasteiger charge is -2.55. The zero-order valence-corrected chi connectivity index (χ0v) is 18.0. The van der Waals surface area contributed by atoms with E-state index < -0.39 is 0 Å². The number of hydrogen-bond donors (Lipinski definition) is 2. The van der Waals surface area contributed by atoms with E-state index in [-0.39, 0.29) is 17.2 Å². The van der Waals surface area contributed by atoms with E-state index in [1.165, 1.54) is 19.3 Å². The van der Waals surface area contributed by atoms with E-state index in [9.17, 15) is 9.59 Å². The van der Waals surface area contributed by atoms with Crippen LogP contribution in [0, 0.1) is 23.2 Å². The second kappa shape index (κ2) is 7.40. The fourth-order valence-corrected chi connectivity index (χ4v) is 6.48. The van der Waals surface area contributed by atoms with E-state index in [0.29, 0.717) is 19.0 Å². The van der Waals surface area contributed by atoms with Gasteiger partial charge in [-0.15, -0.1) is 0 Å². The highest BCUT2D eigenvalue weighted by Crippen LogP contribution is 2.60. The molecule has 0 atom stereocenters. The summed E-state index contributed by atoms with van der Waals surface area (Å²) in [7, 11) is 0. The van der Waals surface area contributed by atoms with Gasteiger partial charge in [0.1, 0.15) is 0 Å². The number of benzene rings is 1. The zero-order chi connectivity index (χ0) is 20.9. The van der Waals surface area contributed by atoms with Crippen molar-refractivity contribution >= 4 is 28.4 Å². The molecule has 0 radical (unpaired) electrons. The normalized spacial score (nSPS) is 29.5. The quantitative estimate of drug-likeness (QED) is 0.749. The largest absolute Gasteiger partial charge is 0.355 e. The molecular formula is C24H32N4O2. The molecule has 4 aliphatic carbocycles. The van der Waals surface area contributed by atoms with Crippen molar-refractivity contribution in [2.45, 2.75) is 64.8 Å². The van der Waals surface area contributed by atoms with E-state index >= 15 is 0 Å². The molecule has 6 nitrogen and oxygen atoms in total. The zero-order valence-electron chi connectivity index (χ0n) is 18.0. The molecule has 1 heterocycles. The second-order valence-corrected chi connectivity index (χ2v) is 10.2. The van der Waals surface area contributed by atoms with Gasteiger partial charge in [0.15, 0.2) is 0 Å². The maximum absolute atomic E-state index is 13.0. The molecule has 6 heteroatoms. The first-order chi connectivity index (χ1) is 14.4. The van der Waals surface area contributed by atoms with Crippen LogP contribution < -0.4 is 10.6 Å². The minimum absolute atomic E-state index is 0.0728. The summed E-state index contributed by atoms with van der Waals surface area (Å²) in [6.07, 6.45) is 9.45. The van der Waals surface area contributed by atoms with Crippen LogP contribution in [0.4, 0.5) is 5.69 Å². The number of fused-ring (bicyclic) bond motifs is 1. The lowest BCUT2D eigenvalue weighted by Crippen LogP contribution is -2.53. The van der Waals surface area contributed by atoms with Crippen LogP contribution in [-0.2, 0) is 9.59 Å². The predicted molar refractivity (Wildman–Crippen MR) is 117 cm³/mol. The van der Waals surface area contributed by atoms with Gasteiger partial charge >= 0.3 is 0 Å². The van der Waals surface area contributed by atoms with Gasteiger partial charge in [-0.05, 0) is 88.3 Å². The Kier molecular flexibility index (Phi) is 4.83. The summed E-state index contributed by atoms with van der Waals surface area (Å²) >= 11 is 0. The molecule has 4 fully saturated rings. The molecule has 4 saturated carbocycles. The number of nitrogens with one attached hydrogen (secondary N) is 2. The monoisotopic (exact) mass is 408 g/mol. The number of rotatable bonds is 6. The summed E-state index contributed by atoms with van der Waals surface area (Å²) in [5, 5.41) is 11.6. The Hall–Kier alpha value is -2.37. The highest BCUT2D eigenvalue weighted by molar-refractivity contribution is 5.94. The number of carbonyl (C=O) groups is 2. The topological polar surface area (TPSA) is 76.0 Å². The third-order valence-corrected chi connectivity index (χ3v) is 7.49. The van der Waals surface area contributed by atoms with Gasteiger partial charge in [0.2, 0.25) is 11.8 Å². The van der Waals surface area contributed by atoms with Gasteiger partial charge in [-0.3, -0.25) is 14.3 Å². The van der Waals surface area contributed by atoms with Gasteiger partial charge in [0.05, 0.1) is 5.52 Å². The molecule has 160 valence electrons. The minimum Gasteiger partial charge on any atom is -0.355 e. The molecule has 30 heavy (non-hydrogen) atoms. The Morgan fingerprint density at radius 2 is 1.80 bits per heavy atom. The van der Waals surface area contributed by atoms with E-state index in [1.807, 2.05) is 29.1 Å². The van der Waals surface area contributed by atoms with Crippen LogP contribution in [0.2, 0.25) is 0 Å². The van der Waals surface area contributed by atoms with Crippen LogP contribution in [0.15, 0.2) is 24.4 Å². The minimum atomic E-state index is -0.146. The fraction of sp³-hybridized carbons (Fsp3) is 0.625. The SMILES string of the molecule is CC(C)n1cc2cc(NC(=O)CCNC(=O)C34CC5CC(CC(C5)C3)C4)ccc2n1. The standard InChI is InChI=1S/C24H32N4O2/c1-15(2)28-14-19-10-20(3-4-21(19)27-28)26-22(29)5-6-25-23(30)24-11-16-7-17(12-24)9-18(8-16)13-24/h3-4,10,14-18H,5-9,11-13H2,1-2H3,(H,25,30)(H,26,29). The van der Waals surface area contributed by atoms with Crippen LogP contribution in [-0.4, -0.2) is 28.1 Å². The Morgan fingerprint density at radius 3 is 2.43 bits per heavy atom. The molecule has 2 amide bonds. The summed E-state index contributed by atoms with van der Waals surface area (Å²) < 4.78 is 1.93. The van der Waals surface area contributed by atoms with Gasteiger partial charge < -0.3 is 10.6 Å². The van der Waals surface area contributed by atoms with Gasteiger partial charge in [0.25, 0.3) is 0 Å². The number of amides is 2. The molecule has 1 aromatic carbocycles. The van der Waals surface area contributed by atoms with Gasteiger partial charge in [-0.25, -0.2) is 0 Å². The predicted octanol–water partition coefficient (Wildman–Crippen LogP) is 4.28. The Balaban J connectivity index is 1.14. The molecule has 0 aliphatic heterocycles. The van der Waals surface area contributed by atoms with Crippen molar-refractivity contribution in [3.05, 3.63) is 24.4 Å². The lowest BCUT2D eigenvalue weighted by molar-refractivity contribution is -0.146. The summed E-state index contributed by atoms with van der Waals surface area (Å²) in [5.74, 6) is 2.37. The van der Waals surface area contributed by atoms with Gasteiger partial charge in [-0.2, -0.15) is 5.10 Å². The van der Waals surface area contributed by atoms with Crippen LogP contribution in [0.25, 0.3) is 10.9 Å². The van der Waals surface area contributed by atoms with E-state index in [2.05, 4.69) is 29.6 Å². The summed E-state index contributed by atoms with van der Waals surface area (Å²) in [4.78, 5) is 25.4. The highest BCUT2D eigenvalue weighted by Gasteiger charge is 2.54. The average molecular weight is 409 g/mol. The van der Waals surface area contributed by atoms with Crippen molar-refractivity contribution in [1.29, 1.82) is 0 Å². The number of aromatic nitrogens is 2. The van der Waals surface area contributed by atoms with E-state index in [1.54, 1.807) is 0 Å². The van der Waals surface area contributed by atoms with Crippen LogP contribution in [0.3, 0.4) is 0 Å². The maximum Gasteiger partial charge on any atom is 0.226 e. The first kappa shape index (κ1) is 19.6. The average Bonchev–Trinajstić information content (AvgIpc) is 3.10. The van der Waals surface area contributed by atoms with E-state index in [0.717, 1.165) is 53.6 Å². The van der Waals surface area contributed by atoms with Crippen molar-refractivity contribution in [1.82, 2.24) is 15.1 Å². The van der Waals surface area contributed by atoms with E-state index in [4.69, 9.17) is 0 Å². The molecule has 6 rings (SSSR count). The molecule has 4 aliphatic rings. The molecule has 1 aromatic heterocycles. The summed E-state index contributed by atoms with van der Waals surface area (Å²) in [6.45, 7) is 4.58. The molecule has 0 unspecified atom stereocenters. The molecule has 4 bridgehead atoms. The Bertz CT molecular complexity index is 941. The molecule has 0 saturated heterocycles. The second-order valence-electron chi connectivity index (χ2n) is 10.2. The third kappa shape index (κ3) is 3.61. The van der Waals surface area contributed by atoms with Gasteiger partial charge in [-0.1, -0.05) is 0 Å². The maximum atomic E-state index is 13.0. The first-order valence-corrected chi connectivity index (χ1v) is 11.5.